The van der Waals surface area contributed by atoms with E-state index in [0.29, 0.717) is 17.3 Å². The predicted octanol–water partition coefficient (Wildman–Crippen LogP) is 2.57. The molecule has 0 spiro atoms. The van der Waals surface area contributed by atoms with Crippen molar-refractivity contribution in [1.82, 2.24) is 4.90 Å². The lowest BCUT2D eigenvalue weighted by atomic mass is 10.1. The summed E-state index contributed by atoms with van der Waals surface area (Å²) in [5, 5.41) is 3.40. The third kappa shape index (κ3) is 3.39. The second-order valence-electron chi connectivity index (χ2n) is 4.66. The summed E-state index contributed by atoms with van der Waals surface area (Å²) in [4.78, 5) is 13.7. The summed E-state index contributed by atoms with van der Waals surface area (Å²) < 4.78 is 0. The zero-order valence-corrected chi connectivity index (χ0v) is 11.7. The van der Waals surface area contributed by atoms with E-state index in [-0.39, 0.29) is 5.91 Å². The van der Waals surface area contributed by atoms with E-state index >= 15 is 0 Å². The van der Waals surface area contributed by atoms with Gasteiger partial charge in [-0.3, -0.25) is 4.79 Å². The Labute approximate surface area is 109 Å². The normalized spacial score (nSPS) is 10.5. The number of nitrogen functional groups attached to an aromatic ring is 1. The number of carbonyl (C=O) groups is 1. The Morgan fingerprint density at radius 2 is 1.94 bits per heavy atom. The van der Waals surface area contributed by atoms with Crippen LogP contribution in [0.2, 0.25) is 0 Å². The number of nitrogens with two attached hydrogens (primary N) is 1. The van der Waals surface area contributed by atoms with Gasteiger partial charge in [-0.25, -0.2) is 0 Å². The van der Waals surface area contributed by atoms with Crippen molar-refractivity contribution in [2.24, 2.45) is 0 Å². The molecule has 0 aromatic heterocycles. The first-order chi connectivity index (χ1) is 8.49. The largest absolute Gasteiger partial charge is 0.399 e. The fraction of sp³-hybridized carbons (Fsp3) is 0.500. The fourth-order valence-corrected chi connectivity index (χ4v) is 1.82. The van der Waals surface area contributed by atoms with Gasteiger partial charge in [-0.2, -0.15) is 0 Å². The Bertz CT molecular complexity index is 412. The summed E-state index contributed by atoms with van der Waals surface area (Å²) in [7, 11) is 3.50. The van der Waals surface area contributed by atoms with E-state index in [4.69, 9.17) is 5.73 Å². The van der Waals surface area contributed by atoms with Crippen LogP contribution in [0.15, 0.2) is 18.2 Å². The van der Waals surface area contributed by atoms with Gasteiger partial charge in [0.25, 0.3) is 5.91 Å². The second kappa shape index (κ2) is 6.28. The molecule has 0 saturated heterocycles. The molecule has 0 aliphatic rings. The fourth-order valence-electron chi connectivity index (χ4n) is 1.82. The van der Waals surface area contributed by atoms with Crippen LogP contribution in [0.4, 0.5) is 11.4 Å². The number of carbonyl (C=O) groups excluding carboxylic acids is 1. The minimum atomic E-state index is -0.0107. The second-order valence-corrected chi connectivity index (χ2v) is 4.66. The maximum Gasteiger partial charge on any atom is 0.255 e. The summed E-state index contributed by atoms with van der Waals surface area (Å²) in [6, 6.07) is 5.73. The topological polar surface area (TPSA) is 58.4 Å². The third-order valence-electron chi connectivity index (χ3n) is 3.03. The molecule has 18 heavy (non-hydrogen) atoms. The van der Waals surface area contributed by atoms with Crippen molar-refractivity contribution < 1.29 is 4.79 Å². The zero-order valence-electron chi connectivity index (χ0n) is 11.7. The summed E-state index contributed by atoms with van der Waals surface area (Å²) in [6.45, 7) is 4.25. The maximum absolute atomic E-state index is 12.1. The monoisotopic (exact) mass is 249 g/mol. The van der Waals surface area contributed by atoms with Crippen molar-refractivity contribution in [3.8, 4) is 0 Å². The highest BCUT2D eigenvalue weighted by atomic mass is 16.2. The summed E-state index contributed by atoms with van der Waals surface area (Å²) >= 11 is 0. The van der Waals surface area contributed by atoms with Gasteiger partial charge in [0.1, 0.15) is 0 Å². The maximum atomic E-state index is 12.1. The molecule has 3 N–H and O–H groups in total. The number of anilines is 2. The zero-order chi connectivity index (χ0) is 13.7. The third-order valence-corrected chi connectivity index (χ3v) is 3.03. The summed E-state index contributed by atoms with van der Waals surface area (Å²) in [6.07, 6.45) is 2.03. The lowest BCUT2D eigenvalue weighted by Crippen LogP contribution is -2.25. The van der Waals surface area contributed by atoms with Gasteiger partial charge in [0.05, 0.1) is 5.56 Å². The number of hydrogen-bond donors (Lipinski definition) is 2. The van der Waals surface area contributed by atoms with Gasteiger partial charge in [0.2, 0.25) is 0 Å². The van der Waals surface area contributed by atoms with Gasteiger partial charge in [-0.05, 0) is 31.0 Å². The highest BCUT2D eigenvalue weighted by Crippen LogP contribution is 2.22. The predicted molar refractivity (Wildman–Crippen MR) is 76.9 cm³/mol. The van der Waals surface area contributed by atoms with Crippen LogP contribution in [0.25, 0.3) is 0 Å². The van der Waals surface area contributed by atoms with Crippen LogP contribution >= 0.6 is 0 Å². The quantitative estimate of drug-likeness (QED) is 0.788. The molecule has 0 fully saturated rings. The minimum absolute atomic E-state index is 0.0107. The van der Waals surface area contributed by atoms with Gasteiger partial charge >= 0.3 is 0 Å². The van der Waals surface area contributed by atoms with Crippen LogP contribution in [0.1, 0.15) is 37.0 Å². The molecule has 0 radical (unpaired) electrons. The molecule has 4 heteroatoms. The van der Waals surface area contributed by atoms with Crippen LogP contribution < -0.4 is 11.1 Å². The van der Waals surface area contributed by atoms with E-state index < -0.39 is 0 Å². The first kappa shape index (κ1) is 14.4. The Morgan fingerprint density at radius 3 is 2.44 bits per heavy atom. The number of hydrogen-bond acceptors (Lipinski definition) is 3. The van der Waals surface area contributed by atoms with Crippen molar-refractivity contribution in [1.29, 1.82) is 0 Å². The van der Waals surface area contributed by atoms with E-state index in [1.165, 1.54) is 0 Å². The van der Waals surface area contributed by atoms with Crippen LogP contribution in [0.5, 0.6) is 0 Å². The SMILES string of the molecule is CCC(CC)Nc1cc(N)ccc1C(=O)N(C)C. The van der Waals surface area contributed by atoms with Gasteiger partial charge in [0.15, 0.2) is 0 Å². The summed E-state index contributed by atoms with van der Waals surface area (Å²) in [5.41, 5.74) is 7.95. The molecule has 0 unspecified atom stereocenters. The molecule has 1 rings (SSSR count). The average Bonchev–Trinajstić information content (AvgIpc) is 2.35. The first-order valence-corrected chi connectivity index (χ1v) is 6.37. The molecule has 0 aliphatic carbocycles. The minimum Gasteiger partial charge on any atom is -0.399 e. The van der Waals surface area contributed by atoms with Crippen molar-refractivity contribution in [3.63, 3.8) is 0 Å². The number of rotatable bonds is 5. The van der Waals surface area contributed by atoms with Crippen LogP contribution in [-0.4, -0.2) is 30.9 Å². The molecule has 0 aliphatic heterocycles. The average molecular weight is 249 g/mol. The lowest BCUT2D eigenvalue weighted by Gasteiger charge is -2.20. The molecule has 0 atom stereocenters. The van der Waals surface area contributed by atoms with Crippen LogP contribution in [-0.2, 0) is 0 Å². The molecular weight excluding hydrogens is 226 g/mol. The van der Waals surface area contributed by atoms with Crippen molar-refractivity contribution >= 4 is 17.3 Å². The van der Waals surface area contributed by atoms with Gasteiger partial charge in [-0.15, -0.1) is 0 Å². The molecule has 0 heterocycles. The standard InChI is InChI=1S/C14H23N3O/c1-5-11(6-2)16-13-9-10(15)7-8-12(13)14(18)17(3)4/h7-9,11,16H,5-6,15H2,1-4H3. The highest BCUT2D eigenvalue weighted by Gasteiger charge is 2.15. The highest BCUT2D eigenvalue weighted by molar-refractivity contribution is 6.00. The van der Waals surface area contributed by atoms with Crippen molar-refractivity contribution in [3.05, 3.63) is 23.8 Å². The molecule has 4 nitrogen and oxygen atoms in total. The van der Waals surface area contributed by atoms with Gasteiger partial charge in [-0.1, -0.05) is 13.8 Å². The molecule has 1 aromatic carbocycles. The molecular formula is C14H23N3O. The van der Waals surface area contributed by atoms with E-state index in [1.807, 2.05) is 6.07 Å². The number of nitrogens with one attached hydrogen (secondary N) is 1. The Balaban J connectivity index is 3.07. The van der Waals surface area contributed by atoms with E-state index in [9.17, 15) is 4.79 Å². The van der Waals surface area contributed by atoms with E-state index in [2.05, 4.69) is 19.2 Å². The smallest absolute Gasteiger partial charge is 0.255 e. The molecule has 0 bridgehead atoms. The van der Waals surface area contributed by atoms with Gasteiger partial charge < -0.3 is 16.0 Å². The molecule has 100 valence electrons. The van der Waals surface area contributed by atoms with E-state index in [0.717, 1.165) is 18.5 Å². The molecule has 0 saturated carbocycles. The van der Waals surface area contributed by atoms with Crippen LogP contribution in [0.3, 0.4) is 0 Å². The van der Waals surface area contributed by atoms with Crippen molar-refractivity contribution in [2.45, 2.75) is 32.7 Å². The van der Waals surface area contributed by atoms with E-state index in [1.54, 1.807) is 31.1 Å². The van der Waals surface area contributed by atoms with Crippen LogP contribution in [0, 0.1) is 0 Å². The number of benzene rings is 1. The molecule has 1 aromatic rings. The van der Waals surface area contributed by atoms with Gasteiger partial charge in [0, 0.05) is 31.5 Å². The summed E-state index contributed by atoms with van der Waals surface area (Å²) in [5.74, 6) is -0.0107. The Kier molecular flexibility index (Phi) is 5.01. The Hall–Kier alpha value is -1.71. The number of nitrogens with zero attached hydrogens (tertiary/aromatic N) is 1. The number of amides is 1. The lowest BCUT2D eigenvalue weighted by molar-refractivity contribution is 0.0828. The van der Waals surface area contributed by atoms with Crippen molar-refractivity contribution in [2.75, 3.05) is 25.1 Å². The Morgan fingerprint density at radius 1 is 1.33 bits per heavy atom. The molecule has 1 amide bonds. The first-order valence-electron chi connectivity index (χ1n) is 6.37.